The molecule has 0 spiro atoms. The van der Waals surface area contributed by atoms with Gasteiger partial charge >= 0.3 is 0 Å². The van der Waals surface area contributed by atoms with E-state index < -0.39 is 0 Å². The molecule has 3 nitrogen and oxygen atoms in total. The Hall–Kier alpha value is -1.42. The van der Waals surface area contributed by atoms with Crippen molar-refractivity contribution in [3.63, 3.8) is 0 Å². The van der Waals surface area contributed by atoms with Crippen LogP contribution in [0.1, 0.15) is 17.2 Å². The number of benzene rings is 2. The molecular formula is C16H15Cl2NO2. The lowest BCUT2D eigenvalue weighted by molar-refractivity contribution is 0.171. The van der Waals surface area contributed by atoms with Gasteiger partial charge in [0.1, 0.15) is 13.2 Å². The van der Waals surface area contributed by atoms with E-state index in [4.69, 9.17) is 38.4 Å². The zero-order valence-electron chi connectivity index (χ0n) is 11.3. The highest BCUT2D eigenvalue weighted by Crippen LogP contribution is 2.38. The molecule has 5 heteroatoms. The van der Waals surface area contributed by atoms with Crippen LogP contribution in [0.25, 0.3) is 0 Å². The number of nitrogens with two attached hydrogens (primary N) is 1. The molecule has 0 saturated carbocycles. The Balaban J connectivity index is 1.87. The summed E-state index contributed by atoms with van der Waals surface area (Å²) in [6.45, 7) is 1.07. The van der Waals surface area contributed by atoms with Gasteiger partial charge in [-0.05, 0) is 29.7 Å². The molecule has 1 heterocycles. The first-order valence-corrected chi connectivity index (χ1v) is 7.49. The first-order valence-electron chi connectivity index (χ1n) is 6.73. The van der Waals surface area contributed by atoms with E-state index in [2.05, 4.69) is 0 Å². The van der Waals surface area contributed by atoms with E-state index in [0.717, 1.165) is 11.1 Å². The first-order chi connectivity index (χ1) is 10.1. The normalized spacial score (nSPS) is 14.8. The second kappa shape index (κ2) is 6.14. The largest absolute Gasteiger partial charge is 0.486 e. The molecule has 3 rings (SSSR count). The van der Waals surface area contributed by atoms with Gasteiger partial charge in [0, 0.05) is 22.2 Å². The highest BCUT2D eigenvalue weighted by Gasteiger charge is 2.19. The molecule has 0 amide bonds. The van der Waals surface area contributed by atoms with Crippen molar-refractivity contribution in [2.24, 2.45) is 5.73 Å². The van der Waals surface area contributed by atoms with Gasteiger partial charge in [-0.3, -0.25) is 0 Å². The van der Waals surface area contributed by atoms with Crippen LogP contribution in [0.4, 0.5) is 0 Å². The van der Waals surface area contributed by atoms with Gasteiger partial charge in [-0.25, -0.2) is 0 Å². The molecular weight excluding hydrogens is 309 g/mol. The zero-order valence-corrected chi connectivity index (χ0v) is 12.8. The van der Waals surface area contributed by atoms with E-state index in [-0.39, 0.29) is 6.04 Å². The molecule has 0 radical (unpaired) electrons. The molecule has 0 aliphatic carbocycles. The summed E-state index contributed by atoms with van der Waals surface area (Å²) in [6.07, 6.45) is 0.610. The number of hydrogen-bond donors (Lipinski definition) is 1. The van der Waals surface area contributed by atoms with Crippen molar-refractivity contribution in [1.82, 2.24) is 0 Å². The summed E-state index contributed by atoms with van der Waals surface area (Å²) >= 11 is 12.5. The highest BCUT2D eigenvalue weighted by molar-refractivity contribution is 6.32. The third kappa shape index (κ3) is 3.10. The van der Waals surface area contributed by atoms with Crippen molar-refractivity contribution >= 4 is 23.2 Å². The molecule has 2 N–H and O–H groups in total. The first kappa shape index (κ1) is 14.5. The van der Waals surface area contributed by atoms with Crippen molar-refractivity contribution in [2.75, 3.05) is 13.2 Å². The Labute approximate surface area is 133 Å². The molecule has 2 aromatic carbocycles. The minimum Gasteiger partial charge on any atom is -0.486 e. The fourth-order valence-electron chi connectivity index (χ4n) is 2.37. The number of rotatable bonds is 3. The maximum atomic E-state index is 6.31. The lowest BCUT2D eigenvalue weighted by Gasteiger charge is -2.22. The van der Waals surface area contributed by atoms with Gasteiger partial charge in [-0.15, -0.1) is 0 Å². The van der Waals surface area contributed by atoms with Crippen LogP contribution in [0.15, 0.2) is 36.4 Å². The van der Waals surface area contributed by atoms with Crippen molar-refractivity contribution in [3.05, 3.63) is 57.6 Å². The highest BCUT2D eigenvalue weighted by atomic mass is 35.5. The van der Waals surface area contributed by atoms with Crippen LogP contribution < -0.4 is 15.2 Å². The SMILES string of the molecule is NC(Cc1ccccc1Cl)c1cc2c(cc1Cl)OCCO2. The van der Waals surface area contributed by atoms with Crippen molar-refractivity contribution in [2.45, 2.75) is 12.5 Å². The molecule has 1 aliphatic heterocycles. The molecule has 0 aromatic heterocycles. The fraction of sp³-hybridized carbons (Fsp3) is 0.250. The Morgan fingerprint density at radius 1 is 1.00 bits per heavy atom. The molecule has 21 heavy (non-hydrogen) atoms. The summed E-state index contributed by atoms with van der Waals surface area (Å²) in [7, 11) is 0. The third-order valence-corrected chi connectivity index (χ3v) is 4.15. The van der Waals surface area contributed by atoms with Crippen molar-refractivity contribution in [3.8, 4) is 11.5 Å². The summed E-state index contributed by atoms with van der Waals surface area (Å²) in [6, 6.07) is 11.0. The Kier molecular flexibility index (Phi) is 4.24. The summed E-state index contributed by atoms with van der Waals surface area (Å²) < 4.78 is 11.1. The molecule has 1 atom stereocenters. The second-order valence-electron chi connectivity index (χ2n) is 4.92. The molecule has 0 saturated heterocycles. The van der Waals surface area contributed by atoms with E-state index in [1.165, 1.54) is 0 Å². The molecule has 1 aliphatic rings. The lowest BCUT2D eigenvalue weighted by atomic mass is 9.99. The summed E-state index contributed by atoms with van der Waals surface area (Å²) in [5, 5.41) is 1.29. The lowest BCUT2D eigenvalue weighted by Crippen LogP contribution is -2.18. The number of ether oxygens (including phenoxy) is 2. The predicted molar refractivity (Wildman–Crippen MR) is 84.5 cm³/mol. The topological polar surface area (TPSA) is 44.5 Å². The van der Waals surface area contributed by atoms with Crippen molar-refractivity contribution < 1.29 is 9.47 Å². The Morgan fingerprint density at radius 2 is 1.67 bits per heavy atom. The Bertz CT molecular complexity index is 661. The fourth-order valence-corrected chi connectivity index (χ4v) is 2.88. The zero-order chi connectivity index (χ0) is 14.8. The number of fused-ring (bicyclic) bond motifs is 1. The maximum Gasteiger partial charge on any atom is 0.162 e. The third-order valence-electron chi connectivity index (χ3n) is 3.46. The van der Waals surface area contributed by atoms with E-state index in [1.807, 2.05) is 30.3 Å². The van der Waals surface area contributed by atoms with Gasteiger partial charge < -0.3 is 15.2 Å². The van der Waals surface area contributed by atoms with E-state index >= 15 is 0 Å². The standard InChI is InChI=1S/C16H15Cl2NO2/c17-12-4-2-1-3-10(12)7-14(19)11-8-15-16(9-13(11)18)21-6-5-20-15/h1-4,8-9,14H,5-7,19H2. The minimum atomic E-state index is -0.256. The van der Waals surface area contributed by atoms with Gasteiger partial charge in [0.15, 0.2) is 11.5 Å². The van der Waals surface area contributed by atoms with Gasteiger partial charge in [0.05, 0.1) is 0 Å². The van der Waals surface area contributed by atoms with E-state index in [9.17, 15) is 0 Å². The molecule has 0 fully saturated rings. The van der Waals surface area contributed by atoms with Gasteiger partial charge in [-0.1, -0.05) is 41.4 Å². The number of hydrogen-bond acceptors (Lipinski definition) is 3. The van der Waals surface area contributed by atoms with Crippen LogP contribution in [0.2, 0.25) is 10.0 Å². The van der Waals surface area contributed by atoms with Crippen LogP contribution in [-0.2, 0) is 6.42 Å². The van der Waals surface area contributed by atoms with Gasteiger partial charge in [-0.2, -0.15) is 0 Å². The average molecular weight is 324 g/mol. The quantitative estimate of drug-likeness (QED) is 0.928. The van der Waals surface area contributed by atoms with E-state index in [0.29, 0.717) is 41.2 Å². The predicted octanol–water partition coefficient (Wildman–Crippen LogP) is 4.01. The second-order valence-corrected chi connectivity index (χ2v) is 5.73. The van der Waals surface area contributed by atoms with Crippen LogP contribution in [0.5, 0.6) is 11.5 Å². The smallest absolute Gasteiger partial charge is 0.162 e. The molecule has 1 unspecified atom stereocenters. The molecule has 110 valence electrons. The van der Waals surface area contributed by atoms with Gasteiger partial charge in [0.2, 0.25) is 0 Å². The summed E-state index contributed by atoms with van der Waals surface area (Å²) in [4.78, 5) is 0. The Morgan fingerprint density at radius 3 is 2.38 bits per heavy atom. The van der Waals surface area contributed by atoms with E-state index in [1.54, 1.807) is 6.07 Å². The summed E-state index contributed by atoms with van der Waals surface area (Å²) in [5.41, 5.74) is 8.12. The minimum absolute atomic E-state index is 0.256. The number of halogens is 2. The summed E-state index contributed by atoms with van der Waals surface area (Å²) in [5.74, 6) is 1.36. The average Bonchev–Trinajstić information content (AvgIpc) is 2.49. The van der Waals surface area contributed by atoms with Crippen LogP contribution in [-0.4, -0.2) is 13.2 Å². The van der Waals surface area contributed by atoms with Crippen LogP contribution >= 0.6 is 23.2 Å². The van der Waals surface area contributed by atoms with Gasteiger partial charge in [0.25, 0.3) is 0 Å². The molecule has 0 bridgehead atoms. The monoisotopic (exact) mass is 323 g/mol. The van der Waals surface area contributed by atoms with Crippen LogP contribution in [0, 0.1) is 0 Å². The molecule has 2 aromatic rings. The van der Waals surface area contributed by atoms with Crippen molar-refractivity contribution in [1.29, 1.82) is 0 Å². The maximum absolute atomic E-state index is 6.31. The van der Waals surface area contributed by atoms with Crippen LogP contribution in [0.3, 0.4) is 0 Å².